The van der Waals surface area contributed by atoms with Crippen molar-refractivity contribution in [3.63, 3.8) is 0 Å². The molecule has 0 aliphatic rings. The van der Waals surface area contributed by atoms with Crippen molar-refractivity contribution in [3.8, 4) is 0 Å². The zero-order valence-electron chi connectivity index (χ0n) is 20.7. The molecule has 0 bridgehead atoms. The molecule has 2 aromatic rings. The first-order valence-electron chi connectivity index (χ1n) is 13.5. The van der Waals surface area contributed by atoms with Gasteiger partial charge in [-0.1, -0.05) is 108 Å². The number of nitrogens with zero attached hydrogens (tertiary/aromatic N) is 2. The smallest absolute Gasteiger partial charge is 0.234 e. The largest absolute Gasteiger partial charge is 0.256 e. The van der Waals surface area contributed by atoms with E-state index < -0.39 is 0 Å². The van der Waals surface area contributed by atoms with Crippen molar-refractivity contribution < 1.29 is 4.57 Å². The molecule has 174 valence electrons. The second kappa shape index (κ2) is 17.0. The number of rotatable bonds is 19. The molecule has 0 unspecified atom stereocenters. The van der Waals surface area contributed by atoms with Gasteiger partial charge in [0, 0.05) is 6.42 Å². The Bertz CT molecular complexity index is 659. The Balaban J connectivity index is 1.71. The van der Waals surface area contributed by atoms with Crippen LogP contribution < -0.4 is 4.57 Å². The van der Waals surface area contributed by atoms with Crippen molar-refractivity contribution >= 4 is 0 Å². The molecule has 0 aliphatic heterocycles. The first kappa shape index (κ1) is 25.7. The van der Waals surface area contributed by atoms with Gasteiger partial charge in [-0.05, 0) is 37.7 Å². The fourth-order valence-corrected chi connectivity index (χ4v) is 4.59. The SMILES string of the molecule is CCCCCCCCCCCCn1cc[n+](CCCc2ccccc2)c1CCCCC. The predicted octanol–water partition coefficient (Wildman–Crippen LogP) is 8.06. The first-order chi connectivity index (χ1) is 15.3. The number of hydrogen-bond donors (Lipinski definition) is 0. The summed E-state index contributed by atoms with van der Waals surface area (Å²) in [7, 11) is 0. The molecule has 0 saturated heterocycles. The van der Waals surface area contributed by atoms with Crippen LogP contribution in [-0.2, 0) is 25.9 Å². The minimum absolute atomic E-state index is 1.14. The third kappa shape index (κ3) is 11.0. The Hall–Kier alpha value is -1.57. The van der Waals surface area contributed by atoms with Crippen LogP contribution in [0.1, 0.15) is 115 Å². The summed E-state index contributed by atoms with van der Waals surface area (Å²) in [6, 6.07) is 10.9. The highest BCUT2D eigenvalue weighted by Crippen LogP contribution is 2.12. The molecule has 0 atom stereocenters. The highest BCUT2D eigenvalue weighted by molar-refractivity contribution is 5.14. The molecule has 0 saturated carbocycles. The second-order valence-electron chi connectivity index (χ2n) is 9.33. The first-order valence-corrected chi connectivity index (χ1v) is 13.5. The van der Waals surface area contributed by atoms with Crippen LogP contribution in [-0.4, -0.2) is 4.57 Å². The minimum Gasteiger partial charge on any atom is -0.234 e. The van der Waals surface area contributed by atoms with Gasteiger partial charge in [-0.25, -0.2) is 9.13 Å². The number of aryl methyl sites for hydroxylation is 3. The van der Waals surface area contributed by atoms with Gasteiger partial charge in [0.2, 0.25) is 0 Å². The molecule has 0 N–H and O–H groups in total. The lowest BCUT2D eigenvalue weighted by Crippen LogP contribution is -2.37. The summed E-state index contributed by atoms with van der Waals surface area (Å²) in [6.45, 7) is 6.94. The normalized spacial score (nSPS) is 11.3. The summed E-state index contributed by atoms with van der Waals surface area (Å²) in [5.74, 6) is 1.55. The molecule has 2 rings (SSSR count). The van der Waals surface area contributed by atoms with E-state index in [1.807, 2.05) is 0 Å². The van der Waals surface area contributed by atoms with E-state index in [1.165, 1.54) is 115 Å². The Morgan fingerprint density at radius 3 is 1.94 bits per heavy atom. The Morgan fingerprint density at radius 2 is 1.26 bits per heavy atom. The summed E-state index contributed by atoms with van der Waals surface area (Å²) < 4.78 is 5.10. The van der Waals surface area contributed by atoms with E-state index in [4.69, 9.17) is 0 Å². The molecule has 0 amide bonds. The van der Waals surface area contributed by atoms with E-state index in [9.17, 15) is 0 Å². The molecular weight excluding hydrogens is 376 g/mol. The van der Waals surface area contributed by atoms with Crippen molar-refractivity contribution in [1.29, 1.82) is 0 Å². The van der Waals surface area contributed by atoms with E-state index in [0.29, 0.717) is 0 Å². The maximum Gasteiger partial charge on any atom is 0.256 e. The summed E-state index contributed by atoms with van der Waals surface area (Å²) in [5.41, 5.74) is 1.46. The van der Waals surface area contributed by atoms with Gasteiger partial charge in [-0.3, -0.25) is 0 Å². The number of imidazole rings is 1. The van der Waals surface area contributed by atoms with Crippen LogP contribution in [0.15, 0.2) is 42.7 Å². The van der Waals surface area contributed by atoms with Crippen LogP contribution in [0.5, 0.6) is 0 Å². The third-order valence-electron chi connectivity index (χ3n) is 6.55. The molecule has 0 fully saturated rings. The van der Waals surface area contributed by atoms with Crippen molar-refractivity contribution in [2.45, 2.75) is 130 Å². The highest BCUT2D eigenvalue weighted by Gasteiger charge is 2.16. The monoisotopic (exact) mass is 425 g/mol. The summed E-state index contributed by atoms with van der Waals surface area (Å²) >= 11 is 0. The fourth-order valence-electron chi connectivity index (χ4n) is 4.59. The van der Waals surface area contributed by atoms with Gasteiger partial charge in [0.25, 0.3) is 5.82 Å². The fraction of sp³-hybridized carbons (Fsp3) is 0.690. The molecule has 31 heavy (non-hydrogen) atoms. The quantitative estimate of drug-likeness (QED) is 0.159. The van der Waals surface area contributed by atoms with Gasteiger partial charge in [0.1, 0.15) is 12.4 Å². The van der Waals surface area contributed by atoms with E-state index in [1.54, 1.807) is 5.82 Å². The standard InChI is InChI=1S/C29H49N2/c1-3-5-7-8-9-10-11-12-13-18-24-30-26-27-31(29(30)23-15-6-4-2)25-19-22-28-20-16-14-17-21-28/h14,16-17,20-21,26-27H,3-13,15,18-19,22-25H2,1-2H3/q+1. The minimum atomic E-state index is 1.14. The van der Waals surface area contributed by atoms with Crippen LogP contribution in [0.3, 0.4) is 0 Å². The summed E-state index contributed by atoms with van der Waals surface area (Å²) in [6.07, 6.45) is 26.4. The molecular formula is C29H49N2+. The van der Waals surface area contributed by atoms with E-state index >= 15 is 0 Å². The van der Waals surface area contributed by atoms with Crippen LogP contribution in [0.4, 0.5) is 0 Å². The highest BCUT2D eigenvalue weighted by atomic mass is 15.1. The van der Waals surface area contributed by atoms with E-state index in [-0.39, 0.29) is 0 Å². The van der Waals surface area contributed by atoms with E-state index in [2.05, 4.69) is 65.7 Å². The van der Waals surface area contributed by atoms with Crippen molar-refractivity contribution in [2.24, 2.45) is 0 Å². The lowest BCUT2D eigenvalue weighted by Gasteiger charge is -2.06. The molecule has 1 aromatic carbocycles. The van der Waals surface area contributed by atoms with Crippen molar-refractivity contribution in [2.75, 3.05) is 0 Å². The number of unbranched alkanes of at least 4 members (excludes halogenated alkanes) is 11. The van der Waals surface area contributed by atoms with Crippen LogP contribution >= 0.6 is 0 Å². The van der Waals surface area contributed by atoms with Gasteiger partial charge in [0.05, 0.1) is 13.1 Å². The Morgan fingerprint density at radius 1 is 0.645 bits per heavy atom. The van der Waals surface area contributed by atoms with Gasteiger partial charge < -0.3 is 0 Å². The van der Waals surface area contributed by atoms with Gasteiger partial charge in [-0.2, -0.15) is 0 Å². The summed E-state index contributed by atoms with van der Waals surface area (Å²) in [4.78, 5) is 0. The van der Waals surface area contributed by atoms with Crippen LogP contribution in [0.25, 0.3) is 0 Å². The van der Waals surface area contributed by atoms with Crippen LogP contribution in [0.2, 0.25) is 0 Å². The zero-order chi connectivity index (χ0) is 22.0. The molecule has 2 heteroatoms. The van der Waals surface area contributed by atoms with E-state index in [0.717, 1.165) is 6.54 Å². The number of hydrogen-bond acceptors (Lipinski definition) is 0. The second-order valence-corrected chi connectivity index (χ2v) is 9.33. The third-order valence-corrected chi connectivity index (χ3v) is 6.55. The number of benzene rings is 1. The number of aromatic nitrogens is 2. The Labute approximate surface area is 193 Å². The van der Waals surface area contributed by atoms with Gasteiger partial charge in [-0.15, -0.1) is 0 Å². The molecule has 1 heterocycles. The summed E-state index contributed by atoms with van der Waals surface area (Å²) in [5, 5.41) is 0. The average Bonchev–Trinajstić information content (AvgIpc) is 3.17. The predicted molar refractivity (Wildman–Crippen MR) is 134 cm³/mol. The maximum absolute atomic E-state index is 2.56. The van der Waals surface area contributed by atoms with Gasteiger partial charge in [0.15, 0.2) is 0 Å². The van der Waals surface area contributed by atoms with Crippen molar-refractivity contribution in [1.82, 2.24) is 4.57 Å². The lowest BCUT2D eigenvalue weighted by atomic mass is 10.1. The molecule has 2 nitrogen and oxygen atoms in total. The Kier molecular flexibility index (Phi) is 14.1. The molecule has 0 aliphatic carbocycles. The topological polar surface area (TPSA) is 8.81 Å². The lowest BCUT2D eigenvalue weighted by molar-refractivity contribution is -0.704. The molecule has 0 radical (unpaired) electrons. The van der Waals surface area contributed by atoms with Gasteiger partial charge >= 0.3 is 0 Å². The van der Waals surface area contributed by atoms with Crippen molar-refractivity contribution in [3.05, 3.63) is 54.1 Å². The maximum atomic E-state index is 2.56. The molecule has 1 aromatic heterocycles. The molecule has 0 spiro atoms. The average molecular weight is 426 g/mol. The zero-order valence-corrected chi connectivity index (χ0v) is 20.7. The van der Waals surface area contributed by atoms with Crippen LogP contribution in [0, 0.1) is 0 Å².